The molecule has 0 amide bonds. The normalized spacial score (nSPS) is 20.8. The summed E-state index contributed by atoms with van der Waals surface area (Å²) in [5, 5.41) is 3.65. The van der Waals surface area contributed by atoms with Crippen LogP contribution in [0.2, 0.25) is 0 Å². The maximum absolute atomic E-state index is 3.65. The number of hydrogen-bond acceptors (Lipinski definition) is 3. The number of benzene rings is 1. The summed E-state index contributed by atoms with van der Waals surface area (Å²) in [5.41, 5.74) is 3.00. The van der Waals surface area contributed by atoms with E-state index in [1.807, 2.05) is 0 Å². The molecule has 1 saturated heterocycles. The minimum Gasteiger partial charge on any atom is -0.310 e. The van der Waals surface area contributed by atoms with Gasteiger partial charge in [0, 0.05) is 45.3 Å². The Morgan fingerprint density at radius 2 is 1.67 bits per heavy atom. The fraction of sp³-hybridized carbons (Fsp3) is 0.667. The van der Waals surface area contributed by atoms with E-state index in [0.717, 1.165) is 19.1 Å². The van der Waals surface area contributed by atoms with Gasteiger partial charge in [-0.2, -0.15) is 0 Å². The molecule has 0 atom stereocenters. The van der Waals surface area contributed by atoms with Crippen molar-refractivity contribution in [1.82, 2.24) is 15.1 Å². The van der Waals surface area contributed by atoms with E-state index in [0.29, 0.717) is 0 Å². The monoisotopic (exact) mass is 287 g/mol. The van der Waals surface area contributed by atoms with Crippen molar-refractivity contribution in [2.75, 3.05) is 32.7 Å². The lowest BCUT2D eigenvalue weighted by molar-refractivity contribution is 0.127. The fourth-order valence-corrected chi connectivity index (χ4v) is 3.15. The number of nitrogens with one attached hydrogen (secondary N) is 1. The largest absolute Gasteiger partial charge is 0.310 e. The van der Waals surface area contributed by atoms with Crippen LogP contribution in [0.25, 0.3) is 0 Å². The van der Waals surface area contributed by atoms with E-state index >= 15 is 0 Å². The lowest BCUT2D eigenvalue weighted by Gasteiger charge is -2.34. The molecule has 3 nitrogen and oxygen atoms in total. The molecular weight excluding hydrogens is 258 g/mol. The highest BCUT2D eigenvalue weighted by Crippen LogP contribution is 2.20. The van der Waals surface area contributed by atoms with E-state index < -0.39 is 0 Å². The highest BCUT2D eigenvalue weighted by atomic mass is 15.3. The van der Waals surface area contributed by atoms with Crippen LogP contribution in [0.1, 0.15) is 37.3 Å². The first kappa shape index (κ1) is 15.0. The first-order valence-corrected chi connectivity index (χ1v) is 8.60. The molecule has 1 heterocycles. The molecule has 0 radical (unpaired) electrons. The van der Waals surface area contributed by atoms with Crippen LogP contribution in [0.3, 0.4) is 0 Å². The van der Waals surface area contributed by atoms with Gasteiger partial charge in [-0.25, -0.2) is 0 Å². The third kappa shape index (κ3) is 4.53. The minimum atomic E-state index is 0.788. The summed E-state index contributed by atoms with van der Waals surface area (Å²) in [5.74, 6) is 0. The Balaban J connectivity index is 1.52. The summed E-state index contributed by atoms with van der Waals surface area (Å²) in [6, 6.07) is 9.74. The van der Waals surface area contributed by atoms with Crippen LogP contribution in [-0.4, -0.2) is 48.6 Å². The third-order valence-electron chi connectivity index (χ3n) is 4.68. The van der Waals surface area contributed by atoms with Crippen LogP contribution in [0.5, 0.6) is 0 Å². The molecule has 116 valence electrons. The molecule has 0 bridgehead atoms. The van der Waals surface area contributed by atoms with Gasteiger partial charge in [0.25, 0.3) is 0 Å². The van der Waals surface area contributed by atoms with Crippen molar-refractivity contribution in [1.29, 1.82) is 0 Å². The second kappa shape index (κ2) is 7.39. The molecule has 1 aliphatic carbocycles. The molecule has 3 rings (SSSR count). The Labute approximate surface area is 129 Å². The van der Waals surface area contributed by atoms with Crippen LogP contribution in [0, 0.1) is 0 Å². The van der Waals surface area contributed by atoms with Crippen molar-refractivity contribution >= 4 is 0 Å². The Kier molecular flexibility index (Phi) is 5.28. The predicted octanol–water partition coefficient (Wildman–Crippen LogP) is 2.47. The van der Waals surface area contributed by atoms with E-state index in [1.165, 1.54) is 63.1 Å². The highest BCUT2D eigenvalue weighted by molar-refractivity contribution is 5.27. The van der Waals surface area contributed by atoms with Crippen molar-refractivity contribution in [3.05, 3.63) is 35.4 Å². The van der Waals surface area contributed by atoms with Crippen molar-refractivity contribution in [3.63, 3.8) is 0 Å². The number of nitrogens with zero attached hydrogens (tertiary/aromatic N) is 2. The van der Waals surface area contributed by atoms with Crippen molar-refractivity contribution in [2.24, 2.45) is 0 Å². The maximum atomic E-state index is 3.65. The first-order chi connectivity index (χ1) is 10.3. The van der Waals surface area contributed by atoms with E-state index in [4.69, 9.17) is 0 Å². The summed E-state index contributed by atoms with van der Waals surface area (Å²) in [6.07, 6.45) is 4.00. The zero-order chi connectivity index (χ0) is 14.5. The number of hydrogen-bond donors (Lipinski definition) is 1. The first-order valence-electron chi connectivity index (χ1n) is 8.60. The maximum Gasteiger partial charge on any atom is 0.0238 e. The van der Waals surface area contributed by atoms with E-state index in [9.17, 15) is 0 Å². The van der Waals surface area contributed by atoms with Gasteiger partial charge in [0.2, 0.25) is 0 Å². The summed E-state index contributed by atoms with van der Waals surface area (Å²) in [7, 11) is 0. The molecule has 0 unspecified atom stereocenters. The van der Waals surface area contributed by atoms with E-state index in [-0.39, 0.29) is 0 Å². The number of piperazine rings is 1. The molecule has 2 fully saturated rings. The molecule has 1 aliphatic heterocycles. The van der Waals surface area contributed by atoms with Crippen molar-refractivity contribution in [3.8, 4) is 0 Å². The molecule has 1 aromatic rings. The van der Waals surface area contributed by atoms with Gasteiger partial charge in [-0.3, -0.25) is 4.90 Å². The van der Waals surface area contributed by atoms with Gasteiger partial charge in [0.05, 0.1) is 0 Å². The molecule has 1 N–H and O–H groups in total. The summed E-state index contributed by atoms with van der Waals surface area (Å²) < 4.78 is 0. The second-order valence-electron chi connectivity index (χ2n) is 6.54. The van der Waals surface area contributed by atoms with Crippen LogP contribution in [-0.2, 0) is 13.1 Å². The van der Waals surface area contributed by atoms with Crippen LogP contribution >= 0.6 is 0 Å². The lowest BCUT2D eigenvalue weighted by Crippen LogP contribution is -2.46. The second-order valence-corrected chi connectivity index (χ2v) is 6.54. The summed E-state index contributed by atoms with van der Waals surface area (Å²) in [6.45, 7) is 10.6. The van der Waals surface area contributed by atoms with Gasteiger partial charge in [-0.1, -0.05) is 31.2 Å². The van der Waals surface area contributed by atoms with E-state index in [1.54, 1.807) is 0 Å². The van der Waals surface area contributed by atoms with Crippen LogP contribution in [0.15, 0.2) is 24.3 Å². The molecule has 3 heteroatoms. The van der Waals surface area contributed by atoms with Gasteiger partial charge in [0.15, 0.2) is 0 Å². The molecular formula is C18H29N3. The lowest BCUT2D eigenvalue weighted by atomic mass is 10.1. The van der Waals surface area contributed by atoms with Gasteiger partial charge < -0.3 is 10.2 Å². The summed E-state index contributed by atoms with van der Waals surface area (Å²) in [4.78, 5) is 5.21. The molecule has 1 saturated carbocycles. The zero-order valence-corrected chi connectivity index (χ0v) is 13.4. The fourth-order valence-electron chi connectivity index (χ4n) is 3.15. The van der Waals surface area contributed by atoms with Crippen molar-refractivity contribution in [2.45, 2.75) is 45.3 Å². The van der Waals surface area contributed by atoms with Gasteiger partial charge in [0.1, 0.15) is 0 Å². The molecule has 2 aliphatic rings. The quantitative estimate of drug-likeness (QED) is 0.831. The van der Waals surface area contributed by atoms with Crippen LogP contribution in [0.4, 0.5) is 0 Å². The smallest absolute Gasteiger partial charge is 0.0238 e. The topological polar surface area (TPSA) is 18.5 Å². The van der Waals surface area contributed by atoms with Gasteiger partial charge in [-0.15, -0.1) is 0 Å². The Bertz CT molecular complexity index is 434. The minimum absolute atomic E-state index is 0.788. The van der Waals surface area contributed by atoms with E-state index in [2.05, 4.69) is 46.3 Å². The average molecular weight is 287 g/mol. The van der Waals surface area contributed by atoms with Crippen molar-refractivity contribution < 1.29 is 0 Å². The number of rotatable bonds is 7. The van der Waals surface area contributed by atoms with Crippen LogP contribution < -0.4 is 5.32 Å². The molecule has 21 heavy (non-hydrogen) atoms. The third-order valence-corrected chi connectivity index (χ3v) is 4.68. The Morgan fingerprint density at radius 1 is 1.00 bits per heavy atom. The van der Waals surface area contributed by atoms with Gasteiger partial charge >= 0.3 is 0 Å². The highest BCUT2D eigenvalue weighted by Gasteiger charge is 2.21. The molecule has 0 spiro atoms. The summed E-state index contributed by atoms with van der Waals surface area (Å²) >= 11 is 0. The Hall–Kier alpha value is -0.900. The molecule has 1 aromatic carbocycles. The predicted molar refractivity (Wildman–Crippen MR) is 88.3 cm³/mol. The average Bonchev–Trinajstić information content (AvgIpc) is 3.33. The van der Waals surface area contributed by atoms with Gasteiger partial charge in [-0.05, 0) is 36.9 Å². The Morgan fingerprint density at radius 3 is 2.33 bits per heavy atom. The standard InChI is InChI=1S/C18H29N3/c1-2-9-20-10-12-21(13-11-20)15-17-6-4-3-5-16(17)14-19-18-7-8-18/h3-6,18-19H,2,7-15H2,1H3. The SMILES string of the molecule is CCCN1CCN(Cc2ccccc2CNC2CC2)CC1. The zero-order valence-electron chi connectivity index (χ0n) is 13.4. The molecule has 0 aromatic heterocycles.